The molecule has 0 saturated carbocycles. The quantitative estimate of drug-likeness (QED) is 0.199. The molecule has 156 valence electrons. The Morgan fingerprint density at radius 2 is 1.24 bits per heavy atom. The van der Waals surface area contributed by atoms with Crippen LogP contribution >= 0.6 is 0 Å². The van der Waals surface area contributed by atoms with Crippen LogP contribution in [-0.4, -0.2) is 34.4 Å². The topological polar surface area (TPSA) is 159 Å². The van der Waals surface area contributed by atoms with E-state index < -0.39 is 28.2 Å². The zero-order valence-electron chi connectivity index (χ0n) is 15.4. The van der Waals surface area contributed by atoms with Gasteiger partial charge in [-0.1, -0.05) is 0 Å². The van der Waals surface area contributed by atoms with E-state index in [1.54, 1.807) is 7.05 Å². The number of nitrogens with two attached hydrogens (primary N) is 1. The van der Waals surface area contributed by atoms with E-state index in [-0.39, 0.29) is 51.6 Å². The van der Waals surface area contributed by atoms with Crippen molar-refractivity contribution in [2.75, 3.05) is 7.05 Å². The van der Waals surface area contributed by atoms with E-state index in [9.17, 15) is 32.5 Å². The van der Waals surface area contributed by atoms with Crippen LogP contribution in [0.1, 0.15) is 15.9 Å². The summed E-state index contributed by atoms with van der Waals surface area (Å²) in [5.74, 6) is -2.99. The van der Waals surface area contributed by atoms with Gasteiger partial charge in [-0.2, -0.15) is 0 Å². The number of rotatable bonds is 3. The molecule has 13 heteroatoms. The summed E-state index contributed by atoms with van der Waals surface area (Å²) >= 11 is 0. The predicted octanol–water partition coefficient (Wildman–Crippen LogP) is -1.44. The molecule has 0 heterocycles. The molecule has 0 saturated heterocycles. The first-order valence-corrected chi connectivity index (χ1v) is 6.83. The van der Waals surface area contributed by atoms with Crippen molar-refractivity contribution < 1.29 is 78.5 Å². The largest absolute Gasteiger partial charge is 1.00 e. The standard InChI is InChI=1S/C8H5F2NO2.C7H4F2O.CH5NO.Na.2H2O/c9-7-3-6(1-2-11(12)13)4-8(10)5-7;8-6-1-5(4-10)2-7(9)3-6;1-2-3;;;/h1-5H;1-4H;2-3H,1H3;;2*1H2/q;;;+1;;/b2-1+;;;;;. The molecule has 0 aromatic heterocycles. The number of quaternary nitrogens is 1. The number of aldehydes is 1. The van der Waals surface area contributed by atoms with Gasteiger partial charge in [0.1, 0.15) is 29.6 Å². The summed E-state index contributed by atoms with van der Waals surface area (Å²) < 4.78 is 49.4. The van der Waals surface area contributed by atoms with Gasteiger partial charge in [-0.05, 0) is 29.8 Å². The Labute approximate surface area is 184 Å². The number of nitro groups is 1. The van der Waals surface area contributed by atoms with Gasteiger partial charge in [0.25, 0.3) is 0 Å². The second-order valence-electron chi connectivity index (χ2n) is 4.38. The Morgan fingerprint density at radius 1 is 0.931 bits per heavy atom. The van der Waals surface area contributed by atoms with Crippen LogP contribution in [0.25, 0.3) is 6.08 Å². The van der Waals surface area contributed by atoms with Crippen LogP contribution in [-0.2, 0) is 0 Å². The monoisotopic (exact) mass is 433 g/mol. The van der Waals surface area contributed by atoms with Gasteiger partial charge in [0, 0.05) is 23.8 Å². The van der Waals surface area contributed by atoms with Crippen molar-refractivity contribution in [2.45, 2.75) is 0 Å². The average molecular weight is 433 g/mol. The number of hydrogen-bond acceptors (Lipinski definition) is 5. The number of benzene rings is 2. The fourth-order valence-corrected chi connectivity index (χ4v) is 1.46. The Hall–Kier alpha value is -2.19. The molecule has 29 heavy (non-hydrogen) atoms. The van der Waals surface area contributed by atoms with Gasteiger partial charge in [-0.3, -0.25) is 14.9 Å². The van der Waals surface area contributed by atoms with Gasteiger partial charge in [-0.25, -0.2) is 28.2 Å². The minimum absolute atomic E-state index is 0. The zero-order valence-corrected chi connectivity index (χ0v) is 17.4. The van der Waals surface area contributed by atoms with Gasteiger partial charge >= 0.3 is 29.6 Å². The van der Waals surface area contributed by atoms with Gasteiger partial charge < -0.3 is 11.0 Å². The molecule has 0 atom stereocenters. The third-order valence-corrected chi connectivity index (χ3v) is 2.29. The SMILES string of the molecule is C[NH2+]O.O.O=Cc1cc(F)cc(F)c1.O=[N+]([O-])/C=C/c1cc(F)cc(F)c1.[Na+].[OH-]. The molecular formula is C16H18F4N2NaO6+. The van der Waals surface area contributed by atoms with Gasteiger partial charge in [-0.15, -0.1) is 0 Å². The molecule has 0 bridgehead atoms. The van der Waals surface area contributed by atoms with Crippen molar-refractivity contribution in [1.82, 2.24) is 0 Å². The molecule has 0 spiro atoms. The minimum atomic E-state index is -0.761. The molecule has 0 aliphatic rings. The number of hydrogen-bond donors (Lipinski definition) is 2. The van der Waals surface area contributed by atoms with Crippen molar-refractivity contribution in [2.24, 2.45) is 0 Å². The molecule has 6 N–H and O–H groups in total. The van der Waals surface area contributed by atoms with E-state index in [4.69, 9.17) is 5.21 Å². The first-order chi connectivity index (χ1) is 12.2. The summed E-state index contributed by atoms with van der Waals surface area (Å²) in [6.45, 7) is 0. The molecule has 8 nitrogen and oxygen atoms in total. The van der Waals surface area contributed by atoms with Crippen molar-refractivity contribution in [3.8, 4) is 0 Å². The van der Waals surface area contributed by atoms with Crippen LogP contribution in [0.2, 0.25) is 0 Å². The Bertz CT molecular complexity index is 741. The Balaban J connectivity index is -0.000000177. The van der Waals surface area contributed by atoms with Crippen LogP contribution in [0.4, 0.5) is 17.6 Å². The smallest absolute Gasteiger partial charge is 0.870 e. The Kier molecular flexibility index (Phi) is 22.7. The van der Waals surface area contributed by atoms with Gasteiger partial charge in [0.15, 0.2) is 0 Å². The number of nitrogens with zero attached hydrogens (tertiary/aromatic N) is 1. The minimum Gasteiger partial charge on any atom is -0.870 e. The zero-order chi connectivity index (χ0) is 20.1. The number of carbonyl (C=O) groups is 1. The summed E-state index contributed by atoms with van der Waals surface area (Å²) in [5.41, 5.74) is 1.13. The summed E-state index contributed by atoms with van der Waals surface area (Å²) in [6, 6.07) is 5.36. The molecule has 2 aromatic rings. The third-order valence-electron chi connectivity index (χ3n) is 2.29. The Morgan fingerprint density at radius 3 is 1.52 bits per heavy atom. The van der Waals surface area contributed by atoms with E-state index in [2.05, 4.69) is 0 Å². The number of carbonyl (C=O) groups excluding carboxylic acids is 1. The first-order valence-electron chi connectivity index (χ1n) is 6.83. The van der Waals surface area contributed by atoms with Crippen molar-refractivity contribution in [1.29, 1.82) is 0 Å². The van der Waals surface area contributed by atoms with E-state index in [0.29, 0.717) is 24.6 Å². The number of hydroxylamine groups is 1. The van der Waals surface area contributed by atoms with Gasteiger partial charge in [0.05, 0.1) is 12.0 Å². The maximum atomic E-state index is 12.5. The molecule has 2 rings (SSSR count). The second kappa shape index (κ2) is 19.1. The molecule has 0 radical (unpaired) electrons. The third kappa shape index (κ3) is 17.6. The average Bonchev–Trinajstić information content (AvgIpc) is 2.52. The van der Waals surface area contributed by atoms with E-state index >= 15 is 0 Å². The second-order valence-corrected chi connectivity index (χ2v) is 4.38. The van der Waals surface area contributed by atoms with Gasteiger partial charge in [0.2, 0.25) is 6.20 Å². The fourth-order valence-electron chi connectivity index (χ4n) is 1.46. The fraction of sp³-hybridized carbons (Fsp3) is 0.0625. The van der Waals surface area contributed by atoms with E-state index in [1.165, 1.54) is 0 Å². The molecule has 0 amide bonds. The van der Waals surface area contributed by atoms with Crippen molar-refractivity contribution in [3.05, 3.63) is 87.1 Å². The van der Waals surface area contributed by atoms with Crippen LogP contribution in [0.5, 0.6) is 0 Å². The van der Waals surface area contributed by atoms with Crippen LogP contribution in [0.15, 0.2) is 42.6 Å². The summed E-state index contributed by atoms with van der Waals surface area (Å²) in [4.78, 5) is 19.1. The van der Waals surface area contributed by atoms with Crippen LogP contribution < -0.4 is 35.0 Å². The summed E-state index contributed by atoms with van der Waals surface area (Å²) in [6.07, 6.45) is 2.03. The summed E-state index contributed by atoms with van der Waals surface area (Å²) in [7, 11) is 1.56. The molecule has 0 aliphatic heterocycles. The molecule has 0 fully saturated rings. The van der Waals surface area contributed by atoms with E-state index in [1.807, 2.05) is 0 Å². The number of halogens is 4. The molecule has 2 aromatic carbocycles. The maximum absolute atomic E-state index is 12.5. The first kappa shape index (κ1) is 34.3. The predicted molar refractivity (Wildman–Crippen MR) is 89.3 cm³/mol. The molecular weight excluding hydrogens is 415 g/mol. The summed E-state index contributed by atoms with van der Waals surface area (Å²) in [5, 5.41) is 17.3. The van der Waals surface area contributed by atoms with Crippen molar-refractivity contribution in [3.63, 3.8) is 0 Å². The normalized spacial score (nSPS) is 8.62. The van der Waals surface area contributed by atoms with Crippen LogP contribution in [0.3, 0.4) is 0 Å². The maximum Gasteiger partial charge on any atom is 1.00 e. The molecule has 0 unspecified atom stereocenters. The van der Waals surface area contributed by atoms with Crippen molar-refractivity contribution >= 4 is 12.4 Å². The van der Waals surface area contributed by atoms with E-state index in [0.717, 1.165) is 35.8 Å². The molecule has 0 aliphatic carbocycles. The van der Waals surface area contributed by atoms with Crippen LogP contribution in [0, 0.1) is 33.4 Å².